The first kappa shape index (κ1) is 37.2. The number of carbonyl (C=O) groups is 3. The molecule has 0 aromatic heterocycles. The minimum Gasteiger partial charge on any atom is -0.455 e. The number of carbonyl (C=O) groups excluding carboxylic acids is 3. The summed E-state index contributed by atoms with van der Waals surface area (Å²) in [6.07, 6.45) is 12.4. The van der Waals surface area contributed by atoms with Gasteiger partial charge >= 0.3 is 11.9 Å². The highest BCUT2D eigenvalue weighted by Gasteiger charge is 2.85. The molecule has 1 heterocycles. The first-order valence-electron chi connectivity index (χ1n) is 17.0. The Morgan fingerprint density at radius 1 is 1.09 bits per heavy atom. The van der Waals surface area contributed by atoms with E-state index in [1.807, 2.05) is 13.0 Å². The average molecular weight is 659 g/mol. The summed E-state index contributed by atoms with van der Waals surface area (Å²) in [6.45, 7) is 13.3. The van der Waals surface area contributed by atoms with Crippen LogP contribution in [0.3, 0.4) is 0 Å². The molecule has 0 aromatic carbocycles. The van der Waals surface area contributed by atoms with E-state index in [1.165, 1.54) is 31.6 Å². The van der Waals surface area contributed by atoms with E-state index >= 15 is 0 Å². The molecule has 11 atom stereocenters. The Bertz CT molecular complexity index is 1350. The van der Waals surface area contributed by atoms with Crippen LogP contribution in [0.15, 0.2) is 48.1 Å². The van der Waals surface area contributed by atoms with Gasteiger partial charge in [0.15, 0.2) is 17.0 Å². The van der Waals surface area contributed by atoms with Crippen LogP contribution < -0.4 is 0 Å². The highest BCUT2D eigenvalue weighted by Crippen LogP contribution is 2.70. The van der Waals surface area contributed by atoms with Crippen LogP contribution in [0.5, 0.6) is 0 Å². The monoisotopic (exact) mass is 658 g/mol. The molecule has 0 amide bonds. The number of aliphatic hydroxyl groups excluding tert-OH is 2. The first-order chi connectivity index (χ1) is 22.0. The molecule has 47 heavy (non-hydrogen) atoms. The van der Waals surface area contributed by atoms with Gasteiger partial charge in [-0.05, 0) is 38.7 Å². The van der Waals surface area contributed by atoms with Crippen LogP contribution in [0.25, 0.3) is 0 Å². The molecule has 0 radical (unpaired) electrons. The van der Waals surface area contributed by atoms with Gasteiger partial charge in [0.2, 0.25) is 0 Å². The summed E-state index contributed by atoms with van der Waals surface area (Å²) in [7, 11) is 0. The molecule has 1 aliphatic heterocycles. The summed E-state index contributed by atoms with van der Waals surface area (Å²) in [5.74, 6) is -5.95. The minimum absolute atomic E-state index is 0.139. The Labute approximate surface area is 278 Å². The quantitative estimate of drug-likeness (QED) is 0.0795. The average Bonchev–Trinajstić information content (AvgIpc) is 3.71. The van der Waals surface area contributed by atoms with Gasteiger partial charge in [-0.15, -0.1) is 0 Å². The lowest BCUT2D eigenvalue weighted by atomic mass is 9.46. The molecule has 262 valence electrons. The number of epoxide rings is 1. The number of rotatable bonds is 12. The Morgan fingerprint density at radius 2 is 1.74 bits per heavy atom. The molecule has 10 heteroatoms. The Morgan fingerprint density at radius 3 is 2.36 bits per heavy atom. The molecule has 11 unspecified atom stereocenters. The Balaban J connectivity index is 1.78. The third kappa shape index (κ3) is 5.67. The third-order valence-electron chi connectivity index (χ3n) is 11.8. The lowest BCUT2D eigenvalue weighted by Gasteiger charge is -2.64. The van der Waals surface area contributed by atoms with Crippen molar-refractivity contribution in [3.05, 3.63) is 48.1 Å². The molecular formula is C37H54O10. The lowest BCUT2D eigenvalue weighted by Crippen LogP contribution is -2.76. The zero-order valence-corrected chi connectivity index (χ0v) is 29.1. The number of hydrogen-bond donors (Lipinski definition) is 4. The van der Waals surface area contributed by atoms with Crippen LogP contribution in [-0.2, 0) is 28.6 Å². The van der Waals surface area contributed by atoms with Gasteiger partial charge < -0.3 is 34.6 Å². The highest BCUT2D eigenvalue weighted by atomic mass is 16.6. The minimum atomic E-state index is -2.53. The molecule has 4 rings (SSSR count). The molecule has 10 nitrogen and oxygen atoms in total. The zero-order valence-electron chi connectivity index (χ0n) is 29.1. The summed E-state index contributed by atoms with van der Waals surface area (Å²) in [6, 6.07) is 0. The maximum Gasteiger partial charge on any atom is 0.331 e. The number of esters is 2. The molecule has 3 fully saturated rings. The fourth-order valence-electron chi connectivity index (χ4n) is 8.40. The highest BCUT2D eigenvalue weighted by molar-refractivity contribution is 6.05. The third-order valence-corrected chi connectivity index (χ3v) is 11.8. The van der Waals surface area contributed by atoms with Crippen molar-refractivity contribution in [2.45, 2.75) is 128 Å². The zero-order chi connectivity index (χ0) is 35.2. The van der Waals surface area contributed by atoms with Crippen LogP contribution >= 0.6 is 0 Å². The van der Waals surface area contributed by atoms with Gasteiger partial charge in [0.1, 0.15) is 17.8 Å². The predicted molar refractivity (Wildman–Crippen MR) is 175 cm³/mol. The Hall–Kier alpha value is -2.63. The number of hydrogen-bond acceptors (Lipinski definition) is 10. The van der Waals surface area contributed by atoms with Gasteiger partial charge in [0, 0.05) is 29.2 Å². The molecule has 4 N–H and O–H groups in total. The number of allylic oxidation sites excluding steroid dienone is 5. The van der Waals surface area contributed by atoms with E-state index in [-0.39, 0.29) is 5.57 Å². The van der Waals surface area contributed by atoms with Crippen molar-refractivity contribution in [2.24, 2.45) is 29.1 Å². The van der Waals surface area contributed by atoms with E-state index in [0.717, 1.165) is 19.3 Å². The largest absolute Gasteiger partial charge is 0.455 e. The smallest absolute Gasteiger partial charge is 0.331 e. The van der Waals surface area contributed by atoms with Crippen LogP contribution in [0.2, 0.25) is 0 Å². The van der Waals surface area contributed by atoms with Crippen molar-refractivity contribution in [3.8, 4) is 0 Å². The number of unbranched alkanes of at least 4 members (excludes halogenated alkanes) is 3. The summed E-state index contributed by atoms with van der Waals surface area (Å²) in [5, 5.41) is 47.2. The van der Waals surface area contributed by atoms with Crippen molar-refractivity contribution in [2.75, 3.05) is 6.61 Å². The number of ether oxygens (including phenoxy) is 3. The lowest BCUT2D eigenvalue weighted by molar-refractivity contribution is -0.304. The van der Waals surface area contributed by atoms with Gasteiger partial charge in [-0.25, -0.2) is 4.79 Å². The summed E-state index contributed by atoms with van der Waals surface area (Å²) in [4.78, 5) is 40.4. The standard InChI is InChI=1S/C37H54O10/c1-9-11-12-13-14-15-16-17-18-19-26(39)45-29-24(5)36(43)25-20-23(4)28(40)37(25,44)32(42)35(21-38)30(46-35)27(36)33(6,7)34(29,8)47-31(41)22(3)10-2/h14-20,22,24-25,27,29-30,32,38,42-44H,9-13,21H2,1-8H3/b15-14+,17-16+,19-18+. The van der Waals surface area contributed by atoms with Crippen molar-refractivity contribution < 1.29 is 49.0 Å². The van der Waals surface area contributed by atoms with E-state index < -0.39 is 94.1 Å². The second-order valence-electron chi connectivity index (χ2n) is 14.8. The van der Waals surface area contributed by atoms with Crippen molar-refractivity contribution in [1.82, 2.24) is 0 Å². The molecule has 2 saturated carbocycles. The van der Waals surface area contributed by atoms with E-state index in [0.29, 0.717) is 6.42 Å². The van der Waals surface area contributed by atoms with Crippen molar-refractivity contribution >= 4 is 17.7 Å². The van der Waals surface area contributed by atoms with E-state index in [9.17, 15) is 34.8 Å². The molecule has 0 spiro atoms. The summed E-state index contributed by atoms with van der Waals surface area (Å²) < 4.78 is 18.4. The van der Waals surface area contributed by atoms with E-state index in [4.69, 9.17) is 14.2 Å². The van der Waals surface area contributed by atoms with Crippen molar-refractivity contribution in [3.63, 3.8) is 0 Å². The summed E-state index contributed by atoms with van der Waals surface area (Å²) in [5.41, 5.74) is -9.01. The van der Waals surface area contributed by atoms with Crippen molar-refractivity contribution in [1.29, 1.82) is 0 Å². The maximum atomic E-state index is 13.5. The van der Waals surface area contributed by atoms with E-state index in [2.05, 4.69) is 13.0 Å². The first-order valence-corrected chi connectivity index (χ1v) is 17.0. The summed E-state index contributed by atoms with van der Waals surface area (Å²) >= 11 is 0. The van der Waals surface area contributed by atoms with Crippen LogP contribution in [0, 0.1) is 29.1 Å². The second-order valence-corrected chi connectivity index (χ2v) is 14.8. The topological polar surface area (TPSA) is 163 Å². The Kier molecular flexibility index (Phi) is 10.6. The fourth-order valence-corrected chi connectivity index (χ4v) is 8.40. The van der Waals surface area contributed by atoms with Gasteiger partial charge in [0.25, 0.3) is 0 Å². The molecule has 4 aliphatic rings. The van der Waals surface area contributed by atoms with Gasteiger partial charge in [0.05, 0.1) is 24.2 Å². The predicted octanol–water partition coefficient (Wildman–Crippen LogP) is 3.90. The van der Waals surface area contributed by atoms with Crippen LogP contribution in [0.4, 0.5) is 0 Å². The normalized spacial score (nSPS) is 41.3. The number of Topliss-reactive ketones (excluding diaryl/α,β-unsaturated/α-hetero) is 1. The SMILES string of the molecule is CCCCC/C=C/C=C/C=C/C(=O)OC1C(C)C2(O)C3C=C(C)C(=O)C3(O)C(O)C3(CO)OC3C2C(C)(C)C1(C)OC(=O)C(C)CC. The van der Waals surface area contributed by atoms with Crippen LogP contribution in [-0.4, -0.2) is 85.5 Å². The molecular weight excluding hydrogens is 604 g/mol. The fraction of sp³-hybridized carbons (Fsp3) is 0.703. The van der Waals surface area contributed by atoms with E-state index in [1.54, 1.807) is 46.8 Å². The second kappa shape index (κ2) is 13.3. The number of aliphatic hydroxyl groups is 4. The molecule has 1 saturated heterocycles. The van der Waals surface area contributed by atoms with Gasteiger partial charge in [-0.3, -0.25) is 9.59 Å². The number of ketones is 1. The molecule has 0 aromatic rings. The number of fused-ring (bicyclic) bond motifs is 5. The molecule has 3 aliphatic carbocycles. The molecule has 0 bridgehead atoms. The van der Waals surface area contributed by atoms with Gasteiger partial charge in [-0.1, -0.05) is 90.8 Å². The maximum absolute atomic E-state index is 13.5. The van der Waals surface area contributed by atoms with Gasteiger partial charge in [-0.2, -0.15) is 0 Å². The van der Waals surface area contributed by atoms with Crippen LogP contribution in [0.1, 0.15) is 87.5 Å².